The Bertz CT molecular complexity index is 745. The zero-order chi connectivity index (χ0) is 20.6. The van der Waals surface area contributed by atoms with Gasteiger partial charge >= 0.3 is 16.4 Å². The van der Waals surface area contributed by atoms with Crippen LogP contribution in [0.1, 0.15) is 25.7 Å². The number of hydroxylamine groups is 3. The number of hydrogen-bond donors (Lipinski definition) is 4. The largest absolute Gasteiger partial charge is 0.418 e. The highest BCUT2D eigenvalue weighted by Gasteiger charge is 2.49. The Labute approximate surface area is 168 Å². The Morgan fingerprint density at radius 3 is 2.86 bits per heavy atom. The van der Waals surface area contributed by atoms with Crippen molar-refractivity contribution in [3.8, 4) is 0 Å². The first-order valence-electron chi connectivity index (χ1n) is 9.74. The maximum atomic E-state index is 12.5. The molecule has 2 bridgehead atoms. The van der Waals surface area contributed by atoms with Crippen molar-refractivity contribution in [3.05, 3.63) is 0 Å². The van der Waals surface area contributed by atoms with Crippen molar-refractivity contribution < 1.29 is 31.7 Å². The van der Waals surface area contributed by atoms with Gasteiger partial charge in [0.25, 0.3) is 5.91 Å². The zero-order valence-corrected chi connectivity index (χ0v) is 16.6. The van der Waals surface area contributed by atoms with Crippen molar-refractivity contribution in [3.63, 3.8) is 0 Å². The summed E-state index contributed by atoms with van der Waals surface area (Å²) in [5.74, 6) is -0.471. The van der Waals surface area contributed by atoms with Crippen molar-refractivity contribution in [1.29, 1.82) is 0 Å². The number of hydrogen-bond acceptors (Lipinski definition) is 9. The molecule has 4 atom stereocenters. The lowest BCUT2D eigenvalue weighted by molar-refractivity contribution is -0.139. The van der Waals surface area contributed by atoms with Gasteiger partial charge in [0.05, 0.1) is 12.6 Å². The third-order valence-corrected chi connectivity index (χ3v) is 6.14. The Hall–Kier alpha value is -1.55. The summed E-state index contributed by atoms with van der Waals surface area (Å²) in [6, 6.07) is -1.58. The molecule has 29 heavy (non-hydrogen) atoms. The number of amides is 3. The van der Waals surface area contributed by atoms with Gasteiger partial charge < -0.3 is 10.2 Å². The standard InChI is InChI=1S/C15H26N6O7S/c22-14(18-27-9-10-6-12(7-16-10)20-5-1-4-17-20)13-3-2-11-8-19(13)15(23)21(11)28-29(24,25)26/h10-13,16-17H,1-9H2,(H,18,22)(H,24,25,26)/t10-,11-,12-,13+/m1/s1. The monoisotopic (exact) mass is 434 g/mol. The van der Waals surface area contributed by atoms with E-state index in [4.69, 9.17) is 9.39 Å². The molecule has 164 valence electrons. The van der Waals surface area contributed by atoms with Gasteiger partial charge in [-0.15, -0.1) is 4.28 Å². The van der Waals surface area contributed by atoms with Crippen LogP contribution in [-0.2, 0) is 24.3 Å². The first kappa shape index (κ1) is 20.7. The van der Waals surface area contributed by atoms with Crippen molar-refractivity contribution in [2.24, 2.45) is 0 Å². The number of piperidine rings is 1. The van der Waals surface area contributed by atoms with Gasteiger partial charge in [-0.1, -0.05) is 0 Å². The molecule has 0 spiro atoms. The predicted molar refractivity (Wildman–Crippen MR) is 97.0 cm³/mol. The molecule has 13 nitrogen and oxygen atoms in total. The van der Waals surface area contributed by atoms with E-state index in [0.717, 1.165) is 32.5 Å². The van der Waals surface area contributed by atoms with Crippen LogP contribution >= 0.6 is 0 Å². The molecule has 0 aromatic heterocycles. The predicted octanol–water partition coefficient (Wildman–Crippen LogP) is -2.02. The van der Waals surface area contributed by atoms with Crippen LogP contribution in [0.5, 0.6) is 0 Å². The SMILES string of the molecule is O=C(NOC[C@H]1C[C@@H](N2CCCN2)CN1)[C@@H]1CC[C@@H]2CN1C(=O)N2OS(=O)(=O)O. The molecule has 0 aliphatic carbocycles. The molecular weight excluding hydrogens is 408 g/mol. The van der Waals surface area contributed by atoms with Crippen LogP contribution in [-0.4, -0.2) is 96.8 Å². The molecule has 4 N–H and O–H groups in total. The quantitative estimate of drug-likeness (QED) is 0.261. The van der Waals surface area contributed by atoms with Crippen LogP contribution in [0.25, 0.3) is 0 Å². The highest BCUT2D eigenvalue weighted by atomic mass is 32.3. The number of nitrogens with zero attached hydrogens (tertiary/aromatic N) is 3. The van der Waals surface area contributed by atoms with Crippen LogP contribution in [0, 0.1) is 0 Å². The number of fused-ring (bicyclic) bond motifs is 2. The van der Waals surface area contributed by atoms with Gasteiger partial charge in [-0.05, 0) is 25.7 Å². The molecule has 14 heteroatoms. The van der Waals surface area contributed by atoms with Crippen LogP contribution < -0.4 is 16.2 Å². The third kappa shape index (κ3) is 4.63. The fraction of sp³-hybridized carbons (Fsp3) is 0.867. The second kappa shape index (κ2) is 8.29. The first-order chi connectivity index (χ1) is 13.8. The summed E-state index contributed by atoms with van der Waals surface area (Å²) in [5.41, 5.74) is 5.75. The fourth-order valence-corrected chi connectivity index (χ4v) is 4.80. The summed E-state index contributed by atoms with van der Waals surface area (Å²) in [6.45, 7) is 3.32. The van der Waals surface area contributed by atoms with E-state index in [1.807, 2.05) is 0 Å². The Morgan fingerprint density at radius 2 is 2.14 bits per heavy atom. The molecular formula is C15H26N6O7S. The minimum absolute atomic E-state index is 0.116. The minimum Gasteiger partial charge on any atom is -0.310 e. The Balaban J connectivity index is 1.23. The number of nitrogens with one attached hydrogen (secondary N) is 3. The molecule has 0 unspecified atom stereocenters. The van der Waals surface area contributed by atoms with Crippen molar-refractivity contribution in [2.75, 3.05) is 32.8 Å². The van der Waals surface area contributed by atoms with Crippen molar-refractivity contribution >= 4 is 22.3 Å². The summed E-state index contributed by atoms with van der Waals surface area (Å²) in [5, 5.41) is 6.22. The average Bonchev–Trinajstić information content (AvgIpc) is 3.39. The first-order valence-corrected chi connectivity index (χ1v) is 11.1. The third-order valence-electron chi connectivity index (χ3n) is 5.79. The molecule has 4 fully saturated rings. The molecule has 0 radical (unpaired) electrons. The summed E-state index contributed by atoms with van der Waals surface area (Å²) in [7, 11) is -4.81. The van der Waals surface area contributed by atoms with E-state index in [0.29, 0.717) is 30.6 Å². The van der Waals surface area contributed by atoms with E-state index in [1.165, 1.54) is 4.90 Å². The highest BCUT2D eigenvalue weighted by molar-refractivity contribution is 7.80. The topological polar surface area (TPSA) is 153 Å². The number of urea groups is 1. The van der Waals surface area contributed by atoms with Crippen LogP contribution in [0.3, 0.4) is 0 Å². The van der Waals surface area contributed by atoms with Crippen molar-refractivity contribution in [2.45, 2.75) is 49.9 Å². The zero-order valence-electron chi connectivity index (χ0n) is 15.8. The molecule has 4 aliphatic heterocycles. The maximum Gasteiger partial charge on any atom is 0.418 e. The van der Waals surface area contributed by atoms with E-state index in [-0.39, 0.29) is 12.6 Å². The van der Waals surface area contributed by atoms with E-state index in [2.05, 4.69) is 25.5 Å². The lowest BCUT2D eigenvalue weighted by Gasteiger charge is -2.29. The summed E-state index contributed by atoms with van der Waals surface area (Å²) in [4.78, 5) is 31.4. The summed E-state index contributed by atoms with van der Waals surface area (Å²) >= 11 is 0. The van der Waals surface area contributed by atoms with E-state index >= 15 is 0 Å². The van der Waals surface area contributed by atoms with Gasteiger partial charge in [0.1, 0.15) is 6.04 Å². The van der Waals surface area contributed by atoms with Crippen molar-refractivity contribution in [1.82, 2.24) is 31.2 Å². The maximum absolute atomic E-state index is 12.5. The number of rotatable bonds is 7. The van der Waals surface area contributed by atoms with Gasteiger partial charge in [-0.25, -0.2) is 15.3 Å². The molecule has 4 heterocycles. The smallest absolute Gasteiger partial charge is 0.310 e. The lowest BCUT2D eigenvalue weighted by Crippen LogP contribution is -2.50. The molecule has 0 aromatic carbocycles. The second-order valence-electron chi connectivity index (χ2n) is 7.74. The van der Waals surface area contributed by atoms with Gasteiger partial charge in [-0.3, -0.25) is 19.6 Å². The van der Waals surface area contributed by atoms with Crippen LogP contribution in [0.2, 0.25) is 0 Å². The second-order valence-corrected chi connectivity index (χ2v) is 8.74. The molecule has 4 saturated heterocycles. The average molecular weight is 434 g/mol. The molecule has 0 saturated carbocycles. The minimum atomic E-state index is -4.81. The van der Waals surface area contributed by atoms with Crippen LogP contribution in [0.4, 0.5) is 4.79 Å². The van der Waals surface area contributed by atoms with Gasteiger partial charge in [-0.2, -0.15) is 13.5 Å². The summed E-state index contributed by atoms with van der Waals surface area (Å²) in [6.07, 6.45) is 2.74. The Kier molecular flexibility index (Phi) is 5.92. The number of carbonyl (C=O) groups excluding carboxylic acids is 2. The number of carbonyl (C=O) groups is 2. The molecule has 4 aliphatic rings. The van der Waals surface area contributed by atoms with E-state index in [1.54, 1.807) is 0 Å². The van der Waals surface area contributed by atoms with Gasteiger partial charge in [0, 0.05) is 38.3 Å². The highest BCUT2D eigenvalue weighted by Crippen LogP contribution is 2.30. The fourth-order valence-electron chi connectivity index (χ4n) is 4.41. The van der Waals surface area contributed by atoms with Crippen LogP contribution in [0.15, 0.2) is 0 Å². The number of hydrazine groups is 1. The molecule has 0 aromatic rings. The molecule has 4 rings (SSSR count). The Morgan fingerprint density at radius 1 is 1.31 bits per heavy atom. The lowest BCUT2D eigenvalue weighted by atomic mass is 10.0. The van der Waals surface area contributed by atoms with E-state index < -0.39 is 34.4 Å². The van der Waals surface area contributed by atoms with Gasteiger partial charge in [0.2, 0.25) is 0 Å². The van der Waals surface area contributed by atoms with E-state index in [9.17, 15) is 18.0 Å². The normalized spacial score (nSPS) is 32.9. The molecule has 3 amide bonds. The summed E-state index contributed by atoms with van der Waals surface area (Å²) < 4.78 is 35.0. The van der Waals surface area contributed by atoms with Gasteiger partial charge in [0.15, 0.2) is 0 Å².